The molecule has 4 rings (SSSR count). The van der Waals surface area contributed by atoms with E-state index in [-0.39, 0.29) is 33.2 Å². The molecule has 0 bridgehead atoms. The maximum absolute atomic E-state index is 14.4. The number of carboxylic acid groups (broad SMARTS) is 1. The predicted octanol–water partition coefficient (Wildman–Crippen LogP) is 3.48. The Bertz CT molecular complexity index is 1080. The molecule has 2 aromatic carbocycles. The SMILES string of the molecule is O=C(O)CC1Oc2cccc(F)c2N(Cc2nc3c(F)ccc(F)c3s2)C1=O. The van der Waals surface area contributed by atoms with Gasteiger partial charge in [-0.25, -0.2) is 18.2 Å². The van der Waals surface area contributed by atoms with Crippen LogP contribution in [0.25, 0.3) is 10.2 Å². The fourth-order valence-corrected chi connectivity index (χ4v) is 3.95. The van der Waals surface area contributed by atoms with Crippen LogP contribution in [-0.4, -0.2) is 28.1 Å². The second-order valence-corrected chi connectivity index (χ2v) is 7.11. The minimum Gasteiger partial charge on any atom is -0.481 e. The summed E-state index contributed by atoms with van der Waals surface area (Å²) in [6, 6.07) is 5.81. The van der Waals surface area contributed by atoms with Gasteiger partial charge in [-0.1, -0.05) is 6.07 Å². The highest BCUT2D eigenvalue weighted by Crippen LogP contribution is 2.38. The number of amides is 1. The number of hydrogen-bond donors (Lipinski definition) is 1. The smallest absolute Gasteiger partial charge is 0.307 e. The summed E-state index contributed by atoms with van der Waals surface area (Å²) in [7, 11) is 0. The number of carbonyl (C=O) groups is 2. The van der Waals surface area contributed by atoms with Gasteiger partial charge < -0.3 is 9.84 Å². The maximum Gasteiger partial charge on any atom is 0.307 e. The molecule has 1 atom stereocenters. The topological polar surface area (TPSA) is 79.7 Å². The molecule has 0 spiro atoms. The van der Waals surface area contributed by atoms with Crippen LogP contribution in [-0.2, 0) is 16.1 Å². The van der Waals surface area contributed by atoms with Crippen LogP contribution >= 0.6 is 11.3 Å². The number of nitrogens with zero attached hydrogens (tertiary/aromatic N) is 2. The van der Waals surface area contributed by atoms with Gasteiger partial charge in [0.1, 0.15) is 27.8 Å². The molecule has 0 saturated carbocycles. The van der Waals surface area contributed by atoms with Gasteiger partial charge in [0, 0.05) is 0 Å². The van der Waals surface area contributed by atoms with E-state index in [1.807, 2.05) is 0 Å². The number of fused-ring (bicyclic) bond motifs is 2. The van der Waals surface area contributed by atoms with Crippen LogP contribution in [0.15, 0.2) is 30.3 Å². The molecule has 0 aliphatic carbocycles. The third kappa shape index (κ3) is 3.05. The minimum atomic E-state index is -1.35. The first-order chi connectivity index (χ1) is 13.3. The summed E-state index contributed by atoms with van der Waals surface area (Å²) < 4.78 is 47.5. The number of ether oxygens (including phenoxy) is 1. The fraction of sp³-hybridized carbons (Fsp3) is 0.167. The zero-order chi connectivity index (χ0) is 20.0. The van der Waals surface area contributed by atoms with Gasteiger partial charge in [0.2, 0.25) is 0 Å². The molecule has 1 amide bonds. The lowest BCUT2D eigenvalue weighted by Gasteiger charge is -2.33. The molecule has 3 aromatic rings. The van der Waals surface area contributed by atoms with Crippen molar-refractivity contribution in [3.8, 4) is 5.75 Å². The van der Waals surface area contributed by atoms with Crippen LogP contribution in [0, 0.1) is 17.5 Å². The van der Waals surface area contributed by atoms with Crippen molar-refractivity contribution in [3.63, 3.8) is 0 Å². The lowest BCUT2D eigenvalue weighted by Crippen LogP contribution is -2.46. The van der Waals surface area contributed by atoms with Crippen LogP contribution in [0.2, 0.25) is 0 Å². The highest BCUT2D eigenvalue weighted by atomic mass is 32.1. The number of anilines is 1. The largest absolute Gasteiger partial charge is 0.481 e. The number of hydrogen-bond acceptors (Lipinski definition) is 5. The summed E-state index contributed by atoms with van der Waals surface area (Å²) in [4.78, 5) is 28.8. The Kier molecular flexibility index (Phi) is 4.42. The highest BCUT2D eigenvalue weighted by Gasteiger charge is 2.38. The first kappa shape index (κ1) is 18.2. The Morgan fingerprint density at radius 1 is 1.18 bits per heavy atom. The number of para-hydroxylation sites is 1. The maximum atomic E-state index is 14.4. The average Bonchev–Trinajstić information content (AvgIpc) is 3.07. The molecule has 1 N–H and O–H groups in total. The Morgan fingerprint density at radius 3 is 2.64 bits per heavy atom. The fourth-order valence-electron chi connectivity index (χ4n) is 2.98. The Balaban J connectivity index is 1.77. The van der Waals surface area contributed by atoms with E-state index in [0.717, 1.165) is 34.4 Å². The highest BCUT2D eigenvalue weighted by molar-refractivity contribution is 7.18. The van der Waals surface area contributed by atoms with Gasteiger partial charge in [-0.15, -0.1) is 11.3 Å². The normalized spacial score (nSPS) is 16.2. The van der Waals surface area contributed by atoms with Crippen molar-refractivity contribution in [2.24, 2.45) is 0 Å². The summed E-state index contributed by atoms with van der Waals surface area (Å²) in [5, 5.41) is 9.16. The Hall–Kier alpha value is -3.14. The molecular weight excluding hydrogens is 397 g/mol. The van der Waals surface area contributed by atoms with Crippen LogP contribution in [0.3, 0.4) is 0 Å². The third-order valence-corrected chi connectivity index (χ3v) is 5.22. The molecule has 0 fully saturated rings. The number of carbonyl (C=O) groups excluding carboxylic acids is 1. The van der Waals surface area contributed by atoms with Crippen molar-refractivity contribution in [2.45, 2.75) is 19.1 Å². The number of halogens is 3. The van der Waals surface area contributed by atoms with Gasteiger partial charge in [-0.2, -0.15) is 0 Å². The lowest BCUT2D eigenvalue weighted by molar-refractivity contribution is -0.142. The van der Waals surface area contributed by atoms with Crippen molar-refractivity contribution in [1.82, 2.24) is 4.98 Å². The molecule has 28 heavy (non-hydrogen) atoms. The average molecular weight is 408 g/mol. The molecular formula is C18H11F3N2O4S. The molecule has 1 aliphatic rings. The van der Waals surface area contributed by atoms with E-state index in [4.69, 9.17) is 9.84 Å². The number of thiazole rings is 1. The Morgan fingerprint density at radius 2 is 1.93 bits per heavy atom. The zero-order valence-electron chi connectivity index (χ0n) is 14.0. The van der Waals surface area contributed by atoms with Gasteiger partial charge in [0.25, 0.3) is 5.91 Å². The molecule has 10 heteroatoms. The van der Waals surface area contributed by atoms with Crippen molar-refractivity contribution in [2.75, 3.05) is 4.90 Å². The lowest BCUT2D eigenvalue weighted by atomic mass is 10.1. The van der Waals surface area contributed by atoms with E-state index in [0.29, 0.717) is 0 Å². The molecule has 2 heterocycles. The van der Waals surface area contributed by atoms with Gasteiger partial charge in [-0.05, 0) is 24.3 Å². The van der Waals surface area contributed by atoms with Crippen LogP contribution in [0.5, 0.6) is 5.75 Å². The van der Waals surface area contributed by atoms with Crippen molar-refractivity contribution >= 4 is 39.1 Å². The van der Waals surface area contributed by atoms with E-state index >= 15 is 0 Å². The van der Waals surface area contributed by atoms with E-state index in [2.05, 4.69) is 4.98 Å². The van der Waals surface area contributed by atoms with Gasteiger partial charge in [0.15, 0.2) is 17.7 Å². The monoisotopic (exact) mass is 408 g/mol. The molecule has 6 nitrogen and oxygen atoms in total. The third-order valence-electron chi connectivity index (χ3n) is 4.17. The van der Waals surface area contributed by atoms with Crippen LogP contribution in [0.1, 0.15) is 11.4 Å². The molecule has 1 unspecified atom stereocenters. The number of rotatable bonds is 4. The van der Waals surface area contributed by atoms with E-state index in [1.54, 1.807) is 0 Å². The van der Waals surface area contributed by atoms with Crippen LogP contribution < -0.4 is 9.64 Å². The molecule has 1 aromatic heterocycles. The van der Waals surface area contributed by atoms with E-state index in [9.17, 15) is 22.8 Å². The molecule has 1 aliphatic heterocycles. The predicted molar refractivity (Wildman–Crippen MR) is 93.8 cm³/mol. The number of aromatic nitrogens is 1. The van der Waals surface area contributed by atoms with Gasteiger partial charge >= 0.3 is 5.97 Å². The first-order valence-corrected chi connectivity index (χ1v) is 8.88. The first-order valence-electron chi connectivity index (χ1n) is 8.07. The quantitative estimate of drug-likeness (QED) is 0.715. The van der Waals surface area contributed by atoms with E-state index < -0.39 is 41.9 Å². The number of aliphatic carboxylic acids is 1. The minimum absolute atomic E-state index is 0.00400. The number of carboxylic acids is 1. The van der Waals surface area contributed by atoms with Crippen molar-refractivity contribution in [3.05, 3.63) is 52.8 Å². The summed E-state index contributed by atoms with van der Waals surface area (Å²) in [6.07, 6.45) is -1.97. The standard InChI is InChI=1S/C18H11F3N2O4S/c19-8-4-5-10(21)17-15(8)22-13(28-17)7-23-16-9(20)2-1-3-11(16)27-12(18(23)26)6-14(24)25/h1-5,12H,6-7H2,(H,24,25). The van der Waals surface area contributed by atoms with Gasteiger partial charge in [0.05, 0.1) is 17.7 Å². The summed E-state index contributed by atoms with van der Waals surface area (Å²) in [5.41, 5.74) is -0.356. The van der Waals surface area contributed by atoms with Crippen molar-refractivity contribution in [1.29, 1.82) is 0 Å². The second kappa shape index (κ2) is 6.79. The zero-order valence-corrected chi connectivity index (χ0v) is 14.8. The van der Waals surface area contributed by atoms with E-state index in [1.165, 1.54) is 12.1 Å². The molecule has 0 radical (unpaired) electrons. The summed E-state index contributed by atoms with van der Waals surface area (Å²) in [6.45, 7) is -0.287. The Labute approximate surface area is 159 Å². The van der Waals surface area contributed by atoms with Crippen molar-refractivity contribution < 1.29 is 32.6 Å². The summed E-state index contributed by atoms with van der Waals surface area (Å²) >= 11 is 0.830. The summed E-state index contributed by atoms with van der Waals surface area (Å²) in [5.74, 6) is -4.17. The van der Waals surface area contributed by atoms with Crippen LogP contribution in [0.4, 0.5) is 18.9 Å². The van der Waals surface area contributed by atoms with Gasteiger partial charge in [-0.3, -0.25) is 14.5 Å². The molecule has 144 valence electrons. The molecule has 0 saturated heterocycles. The number of benzene rings is 2. The second-order valence-electron chi connectivity index (χ2n) is 6.03.